The highest BCUT2D eigenvalue weighted by molar-refractivity contribution is 7.26. The van der Waals surface area contributed by atoms with E-state index in [9.17, 15) is 42.1 Å². The number of aromatic nitrogens is 4. The third-order valence-electron chi connectivity index (χ3n) is 25.5. The molecule has 129 heavy (non-hydrogen) atoms. The highest BCUT2D eigenvalue weighted by atomic mass is 32.1. The van der Waals surface area contributed by atoms with Crippen LogP contribution in [0.1, 0.15) is 44.5 Å². The summed E-state index contributed by atoms with van der Waals surface area (Å²) >= 11 is 1.81. The first-order chi connectivity index (χ1) is 63.6. The zero-order chi connectivity index (χ0) is 86.6. The molecule has 586 valence electrons. The van der Waals surface area contributed by atoms with Crippen LogP contribution in [0.25, 0.3) is 248 Å². The van der Waals surface area contributed by atoms with Crippen molar-refractivity contribution in [2.75, 3.05) is 0 Å². The first kappa shape index (κ1) is 74.0. The van der Waals surface area contributed by atoms with E-state index in [1.165, 1.54) is 30.9 Å². The van der Waals surface area contributed by atoms with Gasteiger partial charge in [0.1, 0.15) is 70.9 Å². The maximum Gasteiger partial charge on any atom is 0.198 e. The zero-order valence-corrected chi connectivity index (χ0v) is 68.4. The number of para-hydroxylation sites is 2. The lowest BCUT2D eigenvalue weighted by Crippen LogP contribution is -1.96. The van der Waals surface area contributed by atoms with E-state index in [2.05, 4.69) is 228 Å². The van der Waals surface area contributed by atoms with Crippen LogP contribution in [0.5, 0.6) is 0 Å². The Morgan fingerprint density at radius 2 is 0.473 bits per heavy atom. The molecule has 0 aliphatic rings. The molecule has 0 atom stereocenters. The van der Waals surface area contributed by atoms with Crippen molar-refractivity contribution in [3.63, 3.8) is 0 Å². The van der Waals surface area contributed by atoms with Gasteiger partial charge < -0.3 is 8.83 Å². The van der Waals surface area contributed by atoms with Gasteiger partial charge in [0, 0.05) is 64.9 Å². The largest absolute Gasteiger partial charge is 0.456 e. The summed E-state index contributed by atoms with van der Waals surface area (Å²) in [6.45, 7) is 0. The van der Waals surface area contributed by atoms with Crippen molar-refractivity contribution in [2.24, 2.45) is 0 Å². The third-order valence-corrected chi connectivity index (χ3v) is 26.6. The molecule has 0 fully saturated rings. The molecule has 0 unspecified atom stereocenters. The molecule has 0 spiro atoms. The van der Waals surface area contributed by atoms with Crippen molar-refractivity contribution < 1.29 is 8.83 Å². The van der Waals surface area contributed by atoms with E-state index in [0.29, 0.717) is 66.8 Å². The Balaban J connectivity index is 0.0000000956. The van der Waals surface area contributed by atoms with E-state index in [0.717, 1.165) is 195 Å². The van der Waals surface area contributed by atoms with Gasteiger partial charge in [0.05, 0.1) is 55.5 Å². The Hall–Kier alpha value is -18.8. The predicted octanol–water partition coefficient (Wildman–Crippen LogP) is 29.1. The SMILES string of the molecule is N#Cc1cc2c(cc1C#N)c1c3ccccc3ccc1c1nc3nccnc3nc21.N#Cc1cc2c3cc4c(cc3c3ccc5ccccc5c3c2cc1C#N)oc1ccccc14.N#Cc1cc2c3cc4c(cc3c3ccc5ccccc5c3c2cc1C#N)sc1ccccc14.N#Cc1cc2c3cc4oc5ccccc5c4cc3c3ccc4ccccc4c3c2cc1C#N. The number of thiophene rings is 1. The van der Waals surface area contributed by atoms with Gasteiger partial charge in [-0.05, 0) is 254 Å². The molecule has 14 nitrogen and oxygen atoms in total. The second-order valence-corrected chi connectivity index (χ2v) is 33.2. The molecular weight excluding hydrogens is 1600 g/mol. The van der Waals surface area contributed by atoms with E-state index in [-0.39, 0.29) is 0 Å². The van der Waals surface area contributed by atoms with E-state index < -0.39 is 0 Å². The molecule has 5 aromatic heterocycles. The number of hydrogen-bond acceptors (Lipinski definition) is 15. The maximum atomic E-state index is 9.75. The molecule has 27 aromatic rings. The number of rotatable bonds is 0. The summed E-state index contributed by atoms with van der Waals surface area (Å²) in [5.74, 6) is 0. The summed E-state index contributed by atoms with van der Waals surface area (Å²) in [6, 6.07) is 120. The van der Waals surface area contributed by atoms with Gasteiger partial charge in [-0.1, -0.05) is 200 Å². The Morgan fingerprint density at radius 1 is 0.194 bits per heavy atom. The first-order valence-electron chi connectivity index (χ1n) is 41.5. The third kappa shape index (κ3) is 11.3. The quantitative estimate of drug-likeness (QED) is 0.101. The second-order valence-electron chi connectivity index (χ2n) is 32.1. The van der Waals surface area contributed by atoms with Crippen molar-refractivity contribution in [3.05, 3.63) is 360 Å². The van der Waals surface area contributed by atoms with Crippen LogP contribution < -0.4 is 0 Å². The molecule has 0 aliphatic carbocycles. The Bertz CT molecular complexity index is 9950. The highest BCUT2D eigenvalue weighted by Crippen LogP contribution is 2.49. The Kier molecular flexibility index (Phi) is 16.6. The summed E-state index contributed by atoms with van der Waals surface area (Å²) in [7, 11) is 0. The van der Waals surface area contributed by atoms with Crippen molar-refractivity contribution in [2.45, 2.75) is 0 Å². The van der Waals surface area contributed by atoms with E-state index in [4.69, 9.17) is 18.8 Å². The van der Waals surface area contributed by atoms with Crippen molar-refractivity contribution in [1.82, 2.24) is 19.9 Å². The molecule has 0 radical (unpaired) electrons. The zero-order valence-electron chi connectivity index (χ0n) is 67.6. The number of fused-ring (bicyclic) bond motifs is 42. The molecule has 0 saturated carbocycles. The fourth-order valence-corrected chi connectivity index (χ4v) is 20.9. The summed E-state index contributed by atoms with van der Waals surface area (Å²) in [5, 5.41) is 116. The molecule has 0 N–H and O–H groups in total. The lowest BCUT2D eigenvalue weighted by atomic mass is 9.88. The van der Waals surface area contributed by atoms with E-state index in [1.807, 2.05) is 133 Å². The van der Waals surface area contributed by atoms with Crippen LogP contribution in [0, 0.1) is 90.6 Å². The van der Waals surface area contributed by atoms with Gasteiger partial charge >= 0.3 is 0 Å². The van der Waals surface area contributed by atoms with E-state index in [1.54, 1.807) is 24.5 Å². The minimum absolute atomic E-state index is 0.312. The molecule has 22 aromatic carbocycles. The van der Waals surface area contributed by atoms with Crippen molar-refractivity contribution in [1.29, 1.82) is 42.1 Å². The lowest BCUT2D eigenvalue weighted by Gasteiger charge is -2.14. The van der Waals surface area contributed by atoms with Crippen LogP contribution in [-0.4, -0.2) is 19.9 Å². The summed E-state index contributed by atoms with van der Waals surface area (Å²) in [4.78, 5) is 18.1. The molecular formula is C114H52N12O2S. The summed E-state index contributed by atoms with van der Waals surface area (Å²) < 4.78 is 14.9. The number of hydrogen-bond donors (Lipinski definition) is 0. The number of benzene rings is 22. The Labute approximate surface area is 733 Å². The second kappa shape index (κ2) is 28.9. The Morgan fingerprint density at radius 3 is 0.876 bits per heavy atom. The topological polar surface area (TPSA) is 268 Å². The van der Waals surface area contributed by atoms with Gasteiger partial charge in [0.25, 0.3) is 0 Å². The normalized spacial score (nSPS) is 11.5. The van der Waals surface area contributed by atoms with Crippen LogP contribution in [0.3, 0.4) is 0 Å². The molecule has 5 heterocycles. The van der Waals surface area contributed by atoms with Gasteiger partial charge in [-0.15, -0.1) is 11.3 Å². The number of furan rings is 2. The van der Waals surface area contributed by atoms with Crippen molar-refractivity contribution in [3.8, 4) is 48.6 Å². The summed E-state index contributed by atoms with van der Waals surface area (Å²) in [6.07, 6.45) is 3.17. The molecule has 15 heteroatoms. The fourth-order valence-electron chi connectivity index (χ4n) is 19.8. The lowest BCUT2D eigenvalue weighted by molar-refractivity contribution is 0.669. The molecule has 27 rings (SSSR count). The minimum atomic E-state index is 0.312. The molecule has 0 bridgehead atoms. The summed E-state index contributed by atoms with van der Waals surface area (Å²) in [5.41, 5.74) is 8.66. The van der Waals surface area contributed by atoms with Crippen LogP contribution in [0.4, 0.5) is 0 Å². The minimum Gasteiger partial charge on any atom is -0.456 e. The van der Waals surface area contributed by atoms with E-state index >= 15 is 0 Å². The number of nitriles is 8. The smallest absolute Gasteiger partial charge is 0.198 e. The van der Waals surface area contributed by atoms with Crippen LogP contribution in [-0.2, 0) is 0 Å². The first-order valence-corrected chi connectivity index (χ1v) is 42.3. The van der Waals surface area contributed by atoms with Crippen LogP contribution in [0.2, 0.25) is 0 Å². The average molecular weight is 1650 g/mol. The van der Waals surface area contributed by atoms with Gasteiger partial charge in [0.15, 0.2) is 11.3 Å². The monoisotopic (exact) mass is 1650 g/mol. The molecule has 0 amide bonds. The molecule has 0 saturated heterocycles. The predicted molar refractivity (Wildman–Crippen MR) is 520 cm³/mol. The van der Waals surface area contributed by atoms with Gasteiger partial charge in [0.2, 0.25) is 0 Å². The van der Waals surface area contributed by atoms with Gasteiger partial charge in [-0.25, -0.2) is 19.9 Å². The molecule has 0 aliphatic heterocycles. The number of nitrogens with zero attached hydrogens (tertiary/aromatic N) is 12. The van der Waals surface area contributed by atoms with Crippen molar-refractivity contribution >= 4 is 259 Å². The van der Waals surface area contributed by atoms with Crippen LogP contribution >= 0.6 is 11.3 Å². The average Bonchev–Trinajstić information content (AvgIpc) is 1.70. The fraction of sp³-hybridized carbons (Fsp3) is 0. The van der Waals surface area contributed by atoms with Gasteiger partial charge in [-0.3, -0.25) is 0 Å². The standard InChI is InChI=1S/2C30H14N2O.C30H14N2S.C24H10N6/c31-15-18-11-23-24-13-26-21-7-3-4-8-28(21)33-29(26)14-25(24)22-10-9-17-5-1-2-6-20(17)30(22)27(23)12-19(18)16-32;31-15-18-11-23-25-14-29-26(21-7-3-4-8-28(21)33-29)13-24(25)22-10-9-17-5-1-2-6-20(17)30(22)27(23)12-19(18)16-32;31-15-18-11-23-24-13-26-21-7-3-4-8-28(21)33-29(26)14-25(24)22-10-9-17-5-1-2-6-20(17)30(22)27(23)12-19(18)16-32;25-11-14-9-18-19(10-15(14)12-26)22-21(29-23-24(30-22)28-8-7-27-23)17-6-5-13-3-1-2-4-16(13)20(17)18/h3*1-14H;1-10H. The van der Waals surface area contributed by atoms with Crippen LogP contribution in [0.15, 0.2) is 325 Å². The highest BCUT2D eigenvalue weighted by Gasteiger charge is 2.24. The van der Waals surface area contributed by atoms with Gasteiger partial charge in [-0.2, -0.15) is 42.1 Å². The maximum absolute atomic E-state index is 9.75.